The predicted molar refractivity (Wildman–Crippen MR) is 74.7 cm³/mol. The largest absolute Gasteiger partial charge is 0.444 e. The summed E-state index contributed by atoms with van der Waals surface area (Å²) in [5.74, 6) is -2.76. The van der Waals surface area contributed by atoms with Gasteiger partial charge < -0.3 is 19.3 Å². The molecule has 2 aliphatic carbocycles. The van der Waals surface area contributed by atoms with E-state index in [9.17, 15) is 14.7 Å². The summed E-state index contributed by atoms with van der Waals surface area (Å²) in [6.07, 6.45) is -0.133. The molecule has 3 rings (SSSR count). The molecule has 0 aromatic rings. The maximum atomic E-state index is 12.7. The van der Waals surface area contributed by atoms with Gasteiger partial charge >= 0.3 is 6.09 Å². The highest BCUT2D eigenvalue weighted by Crippen LogP contribution is 2.64. The number of carbonyl (C=O) groups excluding carboxylic acids is 2. The number of ketones is 1. The van der Waals surface area contributed by atoms with Crippen molar-refractivity contribution < 1.29 is 28.9 Å². The molecule has 22 heavy (non-hydrogen) atoms. The zero-order chi connectivity index (χ0) is 16.5. The number of Topliss-reactive ketones (excluding diaryl/α,β-unsaturated/α-hetero) is 1. The molecule has 2 bridgehead atoms. The Bertz CT molecular complexity index is 523. The third kappa shape index (κ3) is 1.67. The zero-order valence-corrected chi connectivity index (χ0v) is 13.6. The van der Waals surface area contributed by atoms with E-state index >= 15 is 0 Å². The quantitative estimate of drug-likeness (QED) is 0.757. The Morgan fingerprint density at radius 3 is 2.36 bits per heavy atom. The molecule has 7 heteroatoms. The highest BCUT2D eigenvalue weighted by Gasteiger charge is 2.81. The van der Waals surface area contributed by atoms with Crippen LogP contribution >= 0.6 is 0 Å². The van der Waals surface area contributed by atoms with Gasteiger partial charge in [-0.2, -0.15) is 0 Å². The van der Waals surface area contributed by atoms with Gasteiger partial charge in [0.15, 0.2) is 11.6 Å². The fraction of sp³-hybridized carbons (Fsp3) is 0.867. The van der Waals surface area contributed by atoms with Crippen LogP contribution in [0.2, 0.25) is 0 Å². The van der Waals surface area contributed by atoms with Crippen molar-refractivity contribution in [3.05, 3.63) is 0 Å². The minimum atomic E-state index is -1.90. The first kappa shape index (κ1) is 15.7. The smallest absolute Gasteiger partial charge is 0.412 e. The van der Waals surface area contributed by atoms with E-state index in [1.54, 1.807) is 20.8 Å². The van der Waals surface area contributed by atoms with Crippen molar-refractivity contribution in [1.29, 1.82) is 0 Å². The van der Waals surface area contributed by atoms with Gasteiger partial charge in [-0.15, -0.1) is 0 Å². The normalized spacial score (nSPS) is 38.7. The molecule has 0 spiro atoms. The standard InChI is InChI=1S/C15H23NO6/c1-13(2,3)22-12(18)16-7-8-6-9-11(17)14(16,19)10(8)15(9,20-4)21-5/h8-10,19H,6-7H2,1-5H3/t8-,9+,10-,14-/m0/s1. The minimum Gasteiger partial charge on any atom is -0.444 e. The Morgan fingerprint density at radius 1 is 1.32 bits per heavy atom. The number of aliphatic hydroxyl groups is 1. The molecule has 1 amide bonds. The van der Waals surface area contributed by atoms with Gasteiger partial charge in [0.1, 0.15) is 5.60 Å². The third-order valence-electron chi connectivity index (χ3n) is 5.12. The van der Waals surface area contributed by atoms with E-state index in [2.05, 4.69) is 0 Å². The third-order valence-corrected chi connectivity index (χ3v) is 5.12. The van der Waals surface area contributed by atoms with Crippen LogP contribution in [0.5, 0.6) is 0 Å². The summed E-state index contributed by atoms with van der Waals surface area (Å²) < 4.78 is 16.3. The van der Waals surface area contributed by atoms with Crippen molar-refractivity contribution in [2.45, 2.75) is 44.3 Å². The van der Waals surface area contributed by atoms with Gasteiger partial charge in [0.25, 0.3) is 0 Å². The summed E-state index contributed by atoms with van der Waals surface area (Å²) in [6, 6.07) is 0. The number of nitrogens with zero attached hydrogens (tertiary/aromatic N) is 1. The van der Waals surface area contributed by atoms with E-state index in [0.29, 0.717) is 6.42 Å². The highest BCUT2D eigenvalue weighted by molar-refractivity contribution is 5.97. The lowest BCUT2D eigenvalue weighted by atomic mass is 9.86. The lowest BCUT2D eigenvalue weighted by Gasteiger charge is -2.35. The predicted octanol–water partition coefficient (Wildman–Crippen LogP) is 0.750. The van der Waals surface area contributed by atoms with Gasteiger partial charge in [-0.05, 0) is 33.1 Å². The van der Waals surface area contributed by atoms with Gasteiger partial charge in [0.2, 0.25) is 5.72 Å². The molecule has 0 unspecified atom stereocenters. The van der Waals surface area contributed by atoms with E-state index in [1.165, 1.54) is 14.2 Å². The SMILES string of the molecule is COC1(OC)[C@@H]2C[C@H]3CN(C(=O)OC(C)(C)C)[C@@](O)(C2=O)[C@H]31. The first-order chi connectivity index (χ1) is 10.1. The summed E-state index contributed by atoms with van der Waals surface area (Å²) >= 11 is 0. The highest BCUT2D eigenvalue weighted by atomic mass is 16.7. The van der Waals surface area contributed by atoms with Crippen LogP contribution < -0.4 is 0 Å². The number of carbonyl (C=O) groups is 2. The molecule has 124 valence electrons. The number of hydrogen-bond donors (Lipinski definition) is 1. The van der Waals surface area contributed by atoms with Crippen molar-refractivity contribution in [3.8, 4) is 0 Å². The van der Waals surface area contributed by atoms with Gasteiger partial charge in [-0.25, -0.2) is 4.79 Å². The molecule has 7 nitrogen and oxygen atoms in total. The minimum absolute atomic E-state index is 0.0416. The van der Waals surface area contributed by atoms with E-state index in [1.807, 2.05) is 0 Å². The number of rotatable bonds is 2. The Balaban J connectivity index is 1.98. The number of amides is 1. The van der Waals surface area contributed by atoms with Crippen LogP contribution in [-0.2, 0) is 19.0 Å². The van der Waals surface area contributed by atoms with Gasteiger partial charge in [0.05, 0.1) is 11.8 Å². The van der Waals surface area contributed by atoms with Crippen LogP contribution in [0.15, 0.2) is 0 Å². The first-order valence-corrected chi connectivity index (χ1v) is 7.49. The van der Waals surface area contributed by atoms with Crippen molar-refractivity contribution in [1.82, 2.24) is 4.90 Å². The Morgan fingerprint density at radius 2 is 1.91 bits per heavy atom. The fourth-order valence-electron chi connectivity index (χ4n) is 4.46. The van der Waals surface area contributed by atoms with Gasteiger partial charge in [-0.1, -0.05) is 0 Å². The number of likely N-dealkylation sites (tertiary alicyclic amines) is 1. The van der Waals surface area contributed by atoms with Gasteiger partial charge in [-0.3, -0.25) is 9.69 Å². The van der Waals surface area contributed by atoms with E-state index < -0.39 is 40.8 Å². The summed E-state index contributed by atoms with van der Waals surface area (Å²) in [6.45, 7) is 5.50. The van der Waals surface area contributed by atoms with E-state index in [0.717, 1.165) is 4.90 Å². The molecule has 1 saturated heterocycles. The topological polar surface area (TPSA) is 85.3 Å². The summed E-state index contributed by atoms with van der Waals surface area (Å²) in [5.41, 5.74) is -2.60. The molecule has 3 fully saturated rings. The second-order valence-electron chi connectivity index (χ2n) is 7.34. The van der Waals surface area contributed by atoms with Crippen LogP contribution in [0, 0.1) is 17.8 Å². The maximum absolute atomic E-state index is 12.7. The maximum Gasteiger partial charge on any atom is 0.412 e. The average molecular weight is 313 g/mol. The summed E-state index contributed by atoms with van der Waals surface area (Å²) in [4.78, 5) is 26.3. The van der Waals surface area contributed by atoms with Crippen LogP contribution in [0.25, 0.3) is 0 Å². The number of ether oxygens (including phenoxy) is 3. The van der Waals surface area contributed by atoms with Crippen molar-refractivity contribution in [2.24, 2.45) is 17.8 Å². The molecule has 0 radical (unpaired) electrons. The van der Waals surface area contributed by atoms with Crippen molar-refractivity contribution in [2.75, 3.05) is 20.8 Å². The molecule has 1 N–H and O–H groups in total. The lowest BCUT2D eigenvalue weighted by molar-refractivity contribution is -0.251. The number of fused-ring (bicyclic) bond motifs is 1. The number of hydrogen-bond acceptors (Lipinski definition) is 6. The molecule has 0 aromatic heterocycles. The Kier molecular flexibility index (Phi) is 3.16. The molecule has 1 heterocycles. The summed E-state index contributed by atoms with van der Waals surface area (Å²) in [5, 5.41) is 11.0. The van der Waals surface area contributed by atoms with Crippen molar-refractivity contribution in [3.63, 3.8) is 0 Å². The molecule has 3 aliphatic rings. The average Bonchev–Trinajstić information content (AvgIpc) is 2.92. The number of methoxy groups -OCH3 is 2. The monoisotopic (exact) mass is 313 g/mol. The zero-order valence-electron chi connectivity index (χ0n) is 13.6. The van der Waals surface area contributed by atoms with Crippen molar-refractivity contribution >= 4 is 11.9 Å². The Hall–Kier alpha value is -1.18. The molecular weight excluding hydrogens is 290 g/mol. The summed E-state index contributed by atoms with van der Waals surface area (Å²) in [7, 11) is 2.93. The van der Waals surface area contributed by atoms with Gasteiger partial charge in [0, 0.05) is 20.8 Å². The molecular formula is C15H23NO6. The molecule has 0 aromatic carbocycles. The molecule has 4 atom stereocenters. The fourth-order valence-corrected chi connectivity index (χ4v) is 4.46. The van der Waals surface area contributed by atoms with Crippen LogP contribution in [0.4, 0.5) is 4.79 Å². The second kappa shape index (κ2) is 4.43. The van der Waals surface area contributed by atoms with Crippen LogP contribution in [0.1, 0.15) is 27.2 Å². The van der Waals surface area contributed by atoms with Crippen LogP contribution in [-0.4, -0.2) is 59.8 Å². The molecule has 2 saturated carbocycles. The lowest BCUT2D eigenvalue weighted by Crippen LogP contribution is -2.56. The first-order valence-electron chi connectivity index (χ1n) is 7.49. The van der Waals surface area contributed by atoms with E-state index in [-0.39, 0.29) is 12.5 Å². The second-order valence-corrected chi connectivity index (χ2v) is 7.34. The Labute approximate surface area is 129 Å². The van der Waals surface area contributed by atoms with Crippen LogP contribution in [0.3, 0.4) is 0 Å². The molecule has 1 aliphatic heterocycles. The van der Waals surface area contributed by atoms with E-state index in [4.69, 9.17) is 14.2 Å².